The van der Waals surface area contributed by atoms with Gasteiger partial charge in [0, 0.05) is 31.6 Å². The Morgan fingerprint density at radius 3 is 2.66 bits per heavy atom. The minimum absolute atomic E-state index is 0.00340. The molecule has 1 aromatic heterocycles. The fourth-order valence-corrected chi connectivity index (χ4v) is 4.66. The van der Waals surface area contributed by atoms with Gasteiger partial charge >= 0.3 is 0 Å². The number of aromatic nitrogens is 1. The summed E-state index contributed by atoms with van der Waals surface area (Å²) in [6.45, 7) is 2.04. The molecule has 0 aliphatic rings. The van der Waals surface area contributed by atoms with Crippen LogP contribution in [0.25, 0.3) is 0 Å². The van der Waals surface area contributed by atoms with Gasteiger partial charge in [-0.25, -0.2) is 17.7 Å². The maximum Gasteiger partial charge on any atom is 0.259 e. The van der Waals surface area contributed by atoms with E-state index in [0.29, 0.717) is 11.6 Å². The number of carbonyl (C=O) groups is 1. The minimum Gasteiger partial charge on any atom is -0.298 e. The third kappa shape index (κ3) is 5.02. The van der Waals surface area contributed by atoms with Gasteiger partial charge in [-0.1, -0.05) is 41.4 Å². The normalized spacial score (nSPS) is 11.6. The van der Waals surface area contributed by atoms with E-state index < -0.39 is 15.9 Å². The Morgan fingerprint density at radius 2 is 1.97 bits per heavy atom. The van der Waals surface area contributed by atoms with Crippen LogP contribution in [0.2, 0.25) is 5.02 Å². The highest BCUT2D eigenvalue weighted by atomic mass is 35.5. The van der Waals surface area contributed by atoms with E-state index in [1.54, 1.807) is 6.20 Å². The van der Waals surface area contributed by atoms with Crippen molar-refractivity contribution in [2.24, 2.45) is 0 Å². The summed E-state index contributed by atoms with van der Waals surface area (Å²) in [7, 11) is -0.824. The van der Waals surface area contributed by atoms with Gasteiger partial charge in [0.05, 0.1) is 15.5 Å². The number of aryl methyl sites for hydroxylation is 1. The third-order valence-electron chi connectivity index (χ3n) is 4.20. The van der Waals surface area contributed by atoms with Crippen molar-refractivity contribution in [2.45, 2.75) is 18.2 Å². The van der Waals surface area contributed by atoms with E-state index in [1.165, 1.54) is 49.2 Å². The Balaban J connectivity index is 1.78. The molecular weight excluding hydrogens is 430 g/mol. The van der Waals surface area contributed by atoms with Gasteiger partial charge in [0.1, 0.15) is 0 Å². The van der Waals surface area contributed by atoms with Crippen LogP contribution in [-0.4, -0.2) is 37.7 Å². The van der Waals surface area contributed by atoms with Crippen LogP contribution in [0.4, 0.5) is 5.13 Å². The number of anilines is 1. The molecule has 0 saturated carbocycles. The van der Waals surface area contributed by atoms with Crippen molar-refractivity contribution in [2.75, 3.05) is 19.4 Å². The molecule has 0 aliphatic carbocycles. The highest BCUT2D eigenvalue weighted by molar-refractivity contribution is 7.89. The molecule has 0 aliphatic heterocycles. The van der Waals surface area contributed by atoms with Crippen LogP contribution < -0.4 is 5.32 Å². The van der Waals surface area contributed by atoms with Crippen LogP contribution in [0.15, 0.2) is 53.6 Å². The molecule has 1 amide bonds. The number of halogens is 1. The van der Waals surface area contributed by atoms with Crippen LogP contribution in [0.5, 0.6) is 0 Å². The SMILES string of the molecule is Cc1cccc(Cc2cnc(NC(=O)c3cc(S(=O)(=O)N(C)C)ccc3Cl)s2)c1. The van der Waals surface area contributed by atoms with Crippen LogP contribution in [0.1, 0.15) is 26.4 Å². The zero-order valence-corrected chi connectivity index (χ0v) is 18.5. The maximum atomic E-state index is 12.7. The summed E-state index contributed by atoms with van der Waals surface area (Å²) in [5.74, 6) is -0.512. The molecular formula is C20H20ClN3O3S2. The smallest absolute Gasteiger partial charge is 0.259 e. The Labute approximate surface area is 179 Å². The molecule has 3 rings (SSSR count). The third-order valence-corrected chi connectivity index (χ3v) is 7.25. The minimum atomic E-state index is -3.67. The van der Waals surface area contributed by atoms with Gasteiger partial charge in [0.2, 0.25) is 10.0 Å². The van der Waals surface area contributed by atoms with E-state index in [-0.39, 0.29) is 15.5 Å². The molecule has 0 saturated heterocycles. The number of sulfonamides is 1. The van der Waals surface area contributed by atoms with Crippen LogP contribution in [0, 0.1) is 6.92 Å². The quantitative estimate of drug-likeness (QED) is 0.611. The molecule has 2 aromatic carbocycles. The number of nitrogens with one attached hydrogen (secondary N) is 1. The fraction of sp³-hybridized carbons (Fsp3) is 0.200. The summed E-state index contributed by atoms with van der Waals surface area (Å²) in [6.07, 6.45) is 2.43. The molecule has 0 atom stereocenters. The Bertz CT molecular complexity index is 1160. The first-order valence-electron chi connectivity index (χ1n) is 8.70. The largest absolute Gasteiger partial charge is 0.298 e. The van der Waals surface area contributed by atoms with Gasteiger partial charge < -0.3 is 0 Å². The predicted molar refractivity (Wildman–Crippen MR) is 116 cm³/mol. The lowest BCUT2D eigenvalue weighted by Crippen LogP contribution is -2.23. The van der Waals surface area contributed by atoms with Gasteiger partial charge in [0.25, 0.3) is 5.91 Å². The van der Waals surface area contributed by atoms with Crippen LogP contribution >= 0.6 is 22.9 Å². The van der Waals surface area contributed by atoms with Gasteiger partial charge in [-0.05, 0) is 30.7 Å². The first-order valence-corrected chi connectivity index (χ1v) is 11.3. The van der Waals surface area contributed by atoms with Crippen molar-refractivity contribution in [1.82, 2.24) is 9.29 Å². The molecule has 0 spiro atoms. The Hall–Kier alpha value is -2.26. The zero-order chi connectivity index (χ0) is 21.2. The first kappa shape index (κ1) is 21.4. The van der Waals surface area contributed by atoms with Gasteiger partial charge in [-0.15, -0.1) is 11.3 Å². The summed E-state index contributed by atoms with van der Waals surface area (Å²) < 4.78 is 25.7. The predicted octanol–water partition coefficient (Wildman–Crippen LogP) is 4.20. The number of hydrogen-bond acceptors (Lipinski definition) is 5. The van der Waals surface area contributed by atoms with E-state index in [1.807, 2.05) is 25.1 Å². The van der Waals surface area contributed by atoms with E-state index in [4.69, 9.17) is 11.6 Å². The van der Waals surface area contributed by atoms with Gasteiger partial charge in [-0.2, -0.15) is 0 Å². The Kier molecular flexibility index (Phi) is 6.38. The van der Waals surface area contributed by atoms with Gasteiger partial charge in [0.15, 0.2) is 5.13 Å². The van der Waals surface area contributed by atoms with Crippen molar-refractivity contribution >= 4 is 44.0 Å². The summed E-state index contributed by atoms with van der Waals surface area (Å²) in [4.78, 5) is 17.9. The molecule has 0 unspecified atom stereocenters. The number of rotatable bonds is 6. The second-order valence-corrected chi connectivity index (χ2v) is 10.4. The molecule has 0 bridgehead atoms. The molecule has 152 valence electrons. The van der Waals surface area contributed by atoms with E-state index >= 15 is 0 Å². The summed E-state index contributed by atoms with van der Waals surface area (Å²) in [5, 5.41) is 3.29. The van der Waals surface area contributed by atoms with Crippen molar-refractivity contribution in [1.29, 1.82) is 0 Å². The number of benzene rings is 2. The fourth-order valence-electron chi connectivity index (χ4n) is 2.68. The standard InChI is InChI=1S/C20H20ClN3O3S2/c1-13-5-4-6-14(9-13)10-15-12-22-20(28-15)23-19(25)17-11-16(7-8-18(17)21)29(26,27)24(2)3/h4-9,11-12H,10H2,1-3H3,(H,22,23,25). The molecule has 1 heterocycles. The van der Waals surface area contributed by atoms with E-state index in [0.717, 1.165) is 14.7 Å². The van der Waals surface area contributed by atoms with E-state index in [9.17, 15) is 13.2 Å². The second kappa shape index (κ2) is 8.62. The van der Waals surface area contributed by atoms with Crippen molar-refractivity contribution in [3.05, 3.63) is 75.3 Å². The number of amides is 1. The lowest BCUT2D eigenvalue weighted by molar-refractivity contribution is 0.102. The van der Waals surface area contributed by atoms with Crippen LogP contribution in [-0.2, 0) is 16.4 Å². The maximum absolute atomic E-state index is 12.7. The number of thiazole rings is 1. The number of nitrogens with zero attached hydrogens (tertiary/aromatic N) is 2. The zero-order valence-electron chi connectivity index (χ0n) is 16.1. The van der Waals surface area contributed by atoms with Crippen molar-refractivity contribution in [3.63, 3.8) is 0 Å². The van der Waals surface area contributed by atoms with Gasteiger partial charge in [-0.3, -0.25) is 10.1 Å². The molecule has 29 heavy (non-hydrogen) atoms. The van der Waals surface area contributed by atoms with Crippen LogP contribution in [0.3, 0.4) is 0 Å². The second-order valence-electron chi connectivity index (χ2n) is 6.68. The molecule has 9 heteroatoms. The summed E-state index contributed by atoms with van der Waals surface area (Å²) in [5.41, 5.74) is 2.42. The number of carbonyl (C=O) groups excluding carboxylic acids is 1. The highest BCUT2D eigenvalue weighted by Crippen LogP contribution is 2.25. The van der Waals surface area contributed by atoms with Crippen molar-refractivity contribution < 1.29 is 13.2 Å². The molecule has 0 fully saturated rings. The molecule has 0 radical (unpaired) electrons. The lowest BCUT2D eigenvalue weighted by Gasteiger charge is -2.13. The topological polar surface area (TPSA) is 79.4 Å². The lowest BCUT2D eigenvalue weighted by atomic mass is 10.1. The molecule has 1 N–H and O–H groups in total. The first-order chi connectivity index (χ1) is 13.7. The Morgan fingerprint density at radius 1 is 1.21 bits per heavy atom. The number of hydrogen-bond donors (Lipinski definition) is 1. The highest BCUT2D eigenvalue weighted by Gasteiger charge is 2.21. The van der Waals surface area contributed by atoms with E-state index in [2.05, 4.69) is 16.4 Å². The average Bonchev–Trinajstić information content (AvgIpc) is 3.08. The monoisotopic (exact) mass is 449 g/mol. The molecule has 6 nitrogen and oxygen atoms in total. The summed E-state index contributed by atoms with van der Waals surface area (Å²) >= 11 is 7.49. The summed E-state index contributed by atoms with van der Waals surface area (Å²) in [6, 6.07) is 12.2. The van der Waals surface area contributed by atoms with Crippen molar-refractivity contribution in [3.8, 4) is 0 Å². The molecule has 3 aromatic rings. The average molecular weight is 450 g/mol.